The van der Waals surface area contributed by atoms with Crippen molar-refractivity contribution in [3.8, 4) is 5.75 Å². The molecule has 2 aliphatic rings. The molecule has 0 spiro atoms. The van der Waals surface area contributed by atoms with Gasteiger partial charge in [-0.05, 0) is 41.8 Å². The molecule has 7 heteroatoms. The fourth-order valence-electron chi connectivity index (χ4n) is 3.90. The minimum absolute atomic E-state index is 0.0434. The molecule has 0 aliphatic carbocycles. The van der Waals surface area contributed by atoms with Crippen molar-refractivity contribution < 1.29 is 19.1 Å². The highest BCUT2D eigenvalue weighted by Gasteiger charge is 2.53. The molecule has 2 fully saturated rings. The molecule has 2 aliphatic heterocycles. The second-order valence-electron chi connectivity index (χ2n) is 7.02. The summed E-state index contributed by atoms with van der Waals surface area (Å²) in [6.45, 7) is 0.921. The van der Waals surface area contributed by atoms with Gasteiger partial charge in [-0.15, -0.1) is 11.6 Å². The van der Waals surface area contributed by atoms with Gasteiger partial charge in [0, 0.05) is 18.1 Å². The first-order valence-corrected chi connectivity index (χ1v) is 9.18. The van der Waals surface area contributed by atoms with Crippen LogP contribution in [0.4, 0.5) is 5.69 Å². The normalized spacial score (nSPS) is 29.9. The number of hydrogen-bond acceptors (Lipinski definition) is 5. The van der Waals surface area contributed by atoms with Crippen LogP contribution in [0.15, 0.2) is 48.5 Å². The molecule has 6 nitrogen and oxygen atoms in total. The zero-order chi connectivity index (χ0) is 19.0. The van der Waals surface area contributed by atoms with E-state index in [-0.39, 0.29) is 23.8 Å². The molecule has 0 radical (unpaired) electrons. The Labute approximate surface area is 162 Å². The maximum absolute atomic E-state index is 10.8. The molecule has 4 rings (SSSR count). The van der Waals surface area contributed by atoms with Crippen molar-refractivity contribution in [2.24, 2.45) is 5.92 Å². The predicted octanol–water partition coefficient (Wildman–Crippen LogP) is 4.43. The van der Waals surface area contributed by atoms with Gasteiger partial charge >= 0.3 is 0 Å². The average molecular weight is 390 g/mol. The molecule has 2 saturated heterocycles. The van der Waals surface area contributed by atoms with Crippen molar-refractivity contribution >= 4 is 17.3 Å². The van der Waals surface area contributed by atoms with Gasteiger partial charge in [-0.25, -0.2) is 0 Å². The van der Waals surface area contributed by atoms with E-state index in [0.29, 0.717) is 19.6 Å². The van der Waals surface area contributed by atoms with Crippen molar-refractivity contribution in [1.29, 1.82) is 0 Å². The minimum atomic E-state index is -0.519. The summed E-state index contributed by atoms with van der Waals surface area (Å²) in [6.07, 6.45) is 0.285. The average Bonchev–Trinajstić information content (AvgIpc) is 3.04. The lowest BCUT2D eigenvalue weighted by atomic mass is 9.80. The number of methoxy groups -OCH3 is 1. The molecule has 0 unspecified atom stereocenters. The van der Waals surface area contributed by atoms with Crippen molar-refractivity contribution in [3.05, 3.63) is 69.8 Å². The molecule has 142 valence electrons. The standard InChI is InChI=1S/C20H20ClNO5/c1-25-16-8-4-14(5-9-16)19-17-11-26-18(10-20(17,21)12-27-19)13-2-6-15(7-3-13)22(23)24/h2-9,17-19H,10-12H2,1H3/t17-,18+,19+,20-/m0/s1. The van der Waals surface area contributed by atoms with Gasteiger partial charge in [-0.3, -0.25) is 10.1 Å². The van der Waals surface area contributed by atoms with E-state index in [0.717, 1.165) is 16.9 Å². The molecule has 0 bridgehead atoms. The Kier molecular flexibility index (Phi) is 4.80. The molecule has 2 aromatic carbocycles. The van der Waals surface area contributed by atoms with E-state index in [2.05, 4.69) is 0 Å². The second-order valence-corrected chi connectivity index (χ2v) is 7.77. The van der Waals surface area contributed by atoms with E-state index >= 15 is 0 Å². The molecule has 0 N–H and O–H groups in total. The van der Waals surface area contributed by atoms with Crippen LogP contribution in [0.1, 0.15) is 29.8 Å². The number of hydrogen-bond donors (Lipinski definition) is 0. The summed E-state index contributed by atoms with van der Waals surface area (Å²) in [5, 5.41) is 10.8. The van der Waals surface area contributed by atoms with E-state index in [4.69, 9.17) is 25.8 Å². The Hall–Kier alpha value is -2.15. The number of rotatable bonds is 4. The number of non-ortho nitro benzene ring substituents is 1. The SMILES string of the molecule is COc1ccc([C@H]2OC[C@@]3(Cl)C[C@H](c4ccc([N+](=O)[O-])cc4)OC[C@@H]23)cc1. The minimum Gasteiger partial charge on any atom is -0.497 e. The number of alkyl halides is 1. The highest BCUT2D eigenvalue weighted by atomic mass is 35.5. The lowest BCUT2D eigenvalue weighted by molar-refractivity contribution is -0.384. The Morgan fingerprint density at radius 1 is 1.11 bits per heavy atom. The zero-order valence-corrected chi connectivity index (χ0v) is 15.6. The van der Waals surface area contributed by atoms with E-state index in [1.165, 1.54) is 12.1 Å². The fourth-order valence-corrected chi connectivity index (χ4v) is 4.28. The van der Waals surface area contributed by atoms with Gasteiger partial charge in [0.1, 0.15) is 5.75 Å². The zero-order valence-electron chi connectivity index (χ0n) is 14.8. The fraction of sp³-hybridized carbons (Fsp3) is 0.400. The Balaban J connectivity index is 1.50. The van der Waals surface area contributed by atoms with Crippen LogP contribution in [-0.2, 0) is 9.47 Å². The molecule has 0 amide bonds. The van der Waals surface area contributed by atoms with Crippen LogP contribution in [0.25, 0.3) is 0 Å². The maximum atomic E-state index is 10.8. The number of nitrogens with zero attached hydrogens (tertiary/aromatic N) is 1. The smallest absolute Gasteiger partial charge is 0.269 e. The van der Waals surface area contributed by atoms with Crippen molar-refractivity contribution in [2.45, 2.75) is 23.5 Å². The largest absolute Gasteiger partial charge is 0.497 e. The number of fused-ring (bicyclic) bond motifs is 1. The third-order valence-electron chi connectivity index (χ3n) is 5.45. The van der Waals surface area contributed by atoms with Gasteiger partial charge in [-0.2, -0.15) is 0 Å². The summed E-state index contributed by atoms with van der Waals surface area (Å²) in [7, 11) is 1.64. The van der Waals surface area contributed by atoms with E-state index in [1.807, 2.05) is 24.3 Å². The number of nitro benzene ring substituents is 1. The summed E-state index contributed by atoms with van der Waals surface area (Å²) in [6, 6.07) is 14.3. The highest BCUT2D eigenvalue weighted by molar-refractivity contribution is 6.24. The van der Waals surface area contributed by atoms with Gasteiger partial charge in [0.25, 0.3) is 5.69 Å². The van der Waals surface area contributed by atoms with Crippen LogP contribution >= 0.6 is 11.6 Å². The van der Waals surface area contributed by atoms with Gasteiger partial charge in [-0.1, -0.05) is 12.1 Å². The highest BCUT2D eigenvalue weighted by Crippen LogP contribution is 2.52. The third-order valence-corrected chi connectivity index (χ3v) is 6.00. The van der Waals surface area contributed by atoms with Crippen LogP contribution < -0.4 is 4.74 Å². The van der Waals surface area contributed by atoms with Crippen LogP contribution in [0.3, 0.4) is 0 Å². The molecule has 27 heavy (non-hydrogen) atoms. The molecular weight excluding hydrogens is 370 g/mol. The van der Waals surface area contributed by atoms with Gasteiger partial charge in [0.05, 0.1) is 42.3 Å². The van der Waals surface area contributed by atoms with Crippen molar-refractivity contribution in [1.82, 2.24) is 0 Å². The Bertz CT molecular complexity index is 825. The number of nitro groups is 1. The van der Waals surface area contributed by atoms with Crippen LogP contribution in [-0.4, -0.2) is 30.1 Å². The number of halogens is 1. The van der Waals surface area contributed by atoms with Crippen molar-refractivity contribution in [3.63, 3.8) is 0 Å². The van der Waals surface area contributed by atoms with Crippen LogP contribution in [0.5, 0.6) is 5.75 Å². The maximum Gasteiger partial charge on any atom is 0.269 e. The monoisotopic (exact) mass is 389 g/mol. The Morgan fingerprint density at radius 3 is 2.41 bits per heavy atom. The summed E-state index contributed by atoms with van der Waals surface area (Å²) >= 11 is 6.96. The van der Waals surface area contributed by atoms with Crippen molar-refractivity contribution in [2.75, 3.05) is 20.3 Å². The molecule has 2 aromatic rings. The first-order chi connectivity index (χ1) is 13.0. The van der Waals surface area contributed by atoms with E-state index < -0.39 is 9.80 Å². The number of benzene rings is 2. The molecule has 0 saturated carbocycles. The quantitative estimate of drug-likeness (QED) is 0.439. The first kappa shape index (κ1) is 18.2. The topological polar surface area (TPSA) is 70.8 Å². The third kappa shape index (κ3) is 3.40. The summed E-state index contributed by atoms with van der Waals surface area (Å²) < 4.78 is 17.3. The van der Waals surface area contributed by atoms with E-state index in [9.17, 15) is 10.1 Å². The first-order valence-electron chi connectivity index (χ1n) is 8.80. The van der Waals surface area contributed by atoms with E-state index in [1.54, 1.807) is 19.2 Å². The van der Waals surface area contributed by atoms with Gasteiger partial charge < -0.3 is 14.2 Å². The summed E-state index contributed by atoms with van der Waals surface area (Å²) in [5.41, 5.74) is 2.02. The number of ether oxygens (including phenoxy) is 3. The lowest BCUT2D eigenvalue weighted by Crippen LogP contribution is -2.41. The van der Waals surface area contributed by atoms with Crippen LogP contribution in [0, 0.1) is 16.0 Å². The summed E-state index contributed by atoms with van der Waals surface area (Å²) in [4.78, 5) is 9.90. The molecule has 0 aromatic heterocycles. The van der Waals surface area contributed by atoms with Gasteiger partial charge in [0.2, 0.25) is 0 Å². The van der Waals surface area contributed by atoms with Crippen LogP contribution in [0.2, 0.25) is 0 Å². The lowest BCUT2D eigenvalue weighted by Gasteiger charge is -2.38. The molecule has 4 atom stereocenters. The predicted molar refractivity (Wildman–Crippen MR) is 100 cm³/mol. The Morgan fingerprint density at radius 2 is 1.78 bits per heavy atom. The molecule has 2 heterocycles. The van der Waals surface area contributed by atoms with Gasteiger partial charge in [0.15, 0.2) is 0 Å². The second kappa shape index (κ2) is 7.11. The molecular formula is C20H20ClNO5. The summed E-state index contributed by atoms with van der Waals surface area (Å²) in [5.74, 6) is 0.842.